The fourth-order valence-corrected chi connectivity index (χ4v) is 6.90. The van der Waals surface area contributed by atoms with Crippen LogP contribution in [0.15, 0.2) is 45.8 Å². The lowest BCUT2D eigenvalue weighted by atomic mass is 9.97. The molecule has 176 valence electrons. The minimum atomic E-state index is -3.78. The van der Waals surface area contributed by atoms with Gasteiger partial charge < -0.3 is 15.0 Å². The molecule has 10 heteroatoms. The van der Waals surface area contributed by atoms with Crippen LogP contribution in [-0.4, -0.2) is 51.3 Å². The highest BCUT2D eigenvalue weighted by atomic mass is 79.9. The zero-order valence-corrected chi connectivity index (χ0v) is 20.9. The molecule has 0 spiro atoms. The first-order valence-corrected chi connectivity index (χ1v) is 13.0. The zero-order valence-electron chi connectivity index (χ0n) is 18.5. The lowest BCUT2D eigenvalue weighted by Gasteiger charge is -2.31. The quantitative estimate of drug-likeness (QED) is 0.632. The van der Waals surface area contributed by atoms with E-state index in [2.05, 4.69) is 21.2 Å². The monoisotopic (exact) mass is 535 g/mol. The van der Waals surface area contributed by atoms with E-state index < -0.39 is 10.0 Å². The number of piperidine rings is 1. The number of halogens is 1. The summed E-state index contributed by atoms with van der Waals surface area (Å²) in [5.41, 5.74) is 2.24. The summed E-state index contributed by atoms with van der Waals surface area (Å²) in [5, 5.41) is 2.89. The summed E-state index contributed by atoms with van der Waals surface area (Å²) in [6.07, 6.45) is 1.55. The molecule has 1 fully saturated rings. The van der Waals surface area contributed by atoms with Crippen LogP contribution in [0, 0.1) is 5.92 Å². The second-order valence-corrected chi connectivity index (χ2v) is 11.0. The van der Waals surface area contributed by atoms with E-state index in [0.29, 0.717) is 47.4 Å². The summed E-state index contributed by atoms with van der Waals surface area (Å²) in [6.45, 7) is 2.53. The molecule has 0 saturated carbocycles. The highest BCUT2D eigenvalue weighted by molar-refractivity contribution is 9.10. The topological polar surface area (TPSA) is 96.0 Å². The number of anilines is 2. The Bertz CT molecular complexity index is 1190. The Hall–Kier alpha value is -2.43. The van der Waals surface area contributed by atoms with Crippen molar-refractivity contribution in [2.45, 2.75) is 31.1 Å². The van der Waals surface area contributed by atoms with Crippen LogP contribution >= 0.6 is 15.9 Å². The zero-order chi connectivity index (χ0) is 23.8. The van der Waals surface area contributed by atoms with Gasteiger partial charge in [0.25, 0.3) is 0 Å². The molecule has 2 aliphatic heterocycles. The molecule has 4 rings (SSSR count). The summed E-state index contributed by atoms with van der Waals surface area (Å²) in [4.78, 5) is 26.4. The molecular weight excluding hydrogens is 510 g/mol. The number of hydrogen-bond acceptors (Lipinski definition) is 5. The van der Waals surface area contributed by atoms with E-state index in [0.717, 1.165) is 5.56 Å². The maximum Gasteiger partial charge on any atom is 0.244 e. The number of nitrogens with one attached hydrogen (secondary N) is 1. The molecule has 1 N–H and O–H groups in total. The molecule has 2 amide bonds. The lowest BCUT2D eigenvalue weighted by Crippen LogP contribution is -2.41. The molecular formula is C23H26BrN3O5S. The fraction of sp³-hybridized carbons (Fsp3) is 0.391. The van der Waals surface area contributed by atoms with Crippen LogP contribution in [0.1, 0.15) is 25.3 Å². The Morgan fingerprint density at radius 2 is 1.85 bits per heavy atom. The molecule has 0 radical (unpaired) electrons. The number of sulfonamides is 1. The van der Waals surface area contributed by atoms with Gasteiger partial charge in [0.1, 0.15) is 5.75 Å². The van der Waals surface area contributed by atoms with Crippen LogP contribution < -0.4 is 15.0 Å². The number of fused-ring (bicyclic) bond motifs is 1. The van der Waals surface area contributed by atoms with Crippen molar-refractivity contribution in [1.82, 2.24) is 4.31 Å². The third kappa shape index (κ3) is 4.78. The van der Waals surface area contributed by atoms with Crippen LogP contribution in [0.3, 0.4) is 0 Å². The molecule has 0 atom stereocenters. The molecule has 1 saturated heterocycles. The molecule has 2 heterocycles. The van der Waals surface area contributed by atoms with Crippen molar-refractivity contribution in [2.24, 2.45) is 5.92 Å². The van der Waals surface area contributed by atoms with E-state index >= 15 is 0 Å². The second kappa shape index (κ2) is 9.44. The number of carbonyl (C=O) groups excluding carboxylic acids is 2. The Labute approximate surface area is 202 Å². The van der Waals surface area contributed by atoms with Crippen molar-refractivity contribution < 1.29 is 22.7 Å². The predicted octanol–water partition coefficient (Wildman–Crippen LogP) is 3.41. The lowest BCUT2D eigenvalue weighted by molar-refractivity contribution is -0.121. The normalized spacial score (nSPS) is 17.0. The molecule has 0 aromatic heterocycles. The van der Waals surface area contributed by atoms with Crippen molar-refractivity contribution in [2.75, 3.05) is 37.0 Å². The smallest absolute Gasteiger partial charge is 0.244 e. The van der Waals surface area contributed by atoms with Gasteiger partial charge in [0.05, 0.1) is 12.0 Å². The van der Waals surface area contributed by atoms with Crippen molar-refractivity contribution >= 4 is 49.1 Å². The number of hydrogen-bond donors (Lipinski definition) is 1. The van der Waals surface area contributed by atoms with Crippen molar-refractivity contribution in [3.8, 4) is 5.75 Å². The molecule has 2 aliphatic rings. The van der Waals surface area contributed by atoms with E-state index in [1.165, 1.54) is 11.2 Å². The standard InChI is InChI=1S/C23H26BrN3O5S/c1-15(28)27-11-8-17-12-20(24)22(14-21(17)27)33(30,31)26-9-6-16(7-10-26)23(29)25-18-4-3-5-19(13-18)32-2/h3-5,12-14,16H,6-11H2,1-2H3,(H,25,29). The molecule has 33 heavy (non-hydrogen) atoms. The van der Waals surface area contributed by atoms with Crippen LogP contribution in [0.5, 0.6) is 5.75 Å². The largest absolute Gasteiger partial charge is 0.497 e. The van der Waals surface area contributed by atoms with Gasteiger partial charge in [-0.15, -0.1) is 0 Å². The molecule has 2 aromatic rings. The van der Waals surface area contributed by atoms with E-state index in [4.69, 9.17) is 4.74 Å². The Morgan fingerprint density at radius 1 is 1.12 bits per heavy atom. The second-order valence-electron chi connectivity index (χ2n) is 8.23. The van der Waals surface area contributed by atoms with Gasteiger partial charge in [0.15, 0.2) is 0 Å². The number of amides is 2. The maximum atomic E-state index is 13.4. The minimum absolute atomic E-state index is 0.109. The van der Waals surface area contributed by atoms with Crippen LogP contribution in [-0.2, 0) is 26.0 Å². The van der Waals surface area contributed by atoms with Gasteiger partial charge in [-0.25, -0.2) is 8.42 Å². The Morgan fingerprint density at radius 3 is 2.52 bits per heavy atom. The first-order valence-electron chi connectivity index (χ1n) is 10.8. The number of methoxy groups -OCH3 is 1. The summed E-state index contributed by atoms with van der Waals surface area (Å²) >= 11 is 3.41. The number of nitrogens with zero attached hydrogens (tertiary/aromatic N) is 2. The first-order chi connectivity index (χ1) is 15.7. The van der Waals surface area contributed by atoms with Crippen LogP contribution in [0.25, 0.3) is 0 Å². The average Bonchev–Trinajstić information content (AvgIpc) is 3.21. The van der Waals surface area contributed by atoms with E-state index in [1.54, 1.807) is 48.4 Å². The highest BCUT2D eigenvalue weighted by Gasteiger charge is 2.35. The Balaban J connectivity index is 1.46. The summed E-state index contributed by atoms with van der Waals surface area (Å²) in [6, 6.07) is 10.5. The maximum absolute atomic E-state index is 13.4. The van der Waals surface area contributed by atoms with E-state index in [-0.39, 0.29) is 35.7 Å². The molecule has 0 unspecified atom stereocenters. The summed E-state index contributed by atoms with van der Waals surface area (Å²) in [7, 11) is -2.22. The van der Waals surface area contributed by atoms with E-state index in [9.17, 15) is 18.0 Å². The summed E-state index contributed by atoms with van der Waals surface area (Å²) < 4.78 is 33.9. The van der Waals surface area contributed by atoms with Gasteiger partial charge in [-0.3, -0.25) is 9.59 Å². The van der Waals surface area contributed by atoms with Crippen LogP contribution in [0.2, 0.25) is 0 Å². The van der Waals surface area contributed by atoms with E-state index in [1.807, 2.05) is 0 Å². The number of benzene rings is 2. The minimum Gasteiger partial charge on any atom is -0.497 e. The molecule has 2 aromatic carbocycles. The van der Waals surface area contributed by atoms with Crippen molar-refractivity contribution in [3.05, 3.63) is 46.4 Å². The van der Waals surface area contributed by atoms with Gasteiger partial charge >= 0.3 is 0 Å². The molecule has 0 bridgehead atoms. The first kappa shape index (κ1) is 23.7. The Kier molecular flexibility index (Phi) is 6.78. The highest BCUT2D eigenvalue weighted by Crippen LogP contribution is 2.37. The fourth-order valence-electron chi connectivity index (χ4n) is 4.36. The third-order valence-electron chi connectivity index (χ3n) is 6.19. The van der Waals surface area contributed by atoms with Gasteiger partial charge in [0.2, 0.25) is 21.8 Å². The summed E-state index contributed by atoms with van der Waals surface area (Å²) in [5.74, 6) is 0.134. The SMILES string of the molecule is COc1cccc(NC(=O)C2CCN(S(=O)(=O)c3cc4c(cc3Br)CCN4C(C)=O)CC2)c1. The number of ether oxygens (including phenoxy) is 1. The van der Waals surface area contributed by atoms with Crippen molar-refractivity contribution in [3.63, 3.8) is 0 Å². The van der Waals surface area contributed by atoms with Crippen molar-refractivity contribution in [1.29, 1.82) is 0 Å². The number of carbonyl (C=O) groups is 2. The number of rotatable bonds is 5. The van der Waals surface area contributed by atoms with Crippen LogP contribution in [0.4, 0.5) is 11.4 Å². The van der Waals surface area contributed by atoms with Gasteiger partial charge in [-0.1, -0.05) is 6.07 Å². The third-order valence-corrected chi connectivity index (χ3v) is 9.05. The van der Waals surface area contributed by atoms with Gasteiger partial charge in [-0.2, -0.15) is 4.31 Å². The molecule has 8 nitrogen and oxygen atoms in total. The predicted molar refractivity (Wildman–Crippen MR) is 129 cm³/mol. The van der Waals surface area contributed by atoms with Gasteiger partial charge in [-0.05, 0) is 65.0 Å². The van der Waals surface area contributed by atoms with Gasteiger partial charge in [0, 0.05) is 54.4 Å². The molecule has 0 aliphatic carbocycles. The average molecular weight is 536 g/mol.